The fourth-order valence-electron chi connectivity index (χ4n) is 4.34. The molecule has 2 aromatic carbocycles. The molecule has 2 aliphatic rings. The van der Waals surface area contributed by atoms with Gasteiger partial charge < -0.3 is 9.72 Å². The number of carbonyl (C=O) groups is 1. The molecule has 30 heavy (non-hydrogen) atoms. The summed E-state index contributed by atoms with van der Waals surface area (Å²) in [4.78, 5) is 16.9. The van der Waals surface area contributed by atoms with Crippen LogP contribution in [-0.2, 0) is 14.8 Å². The summed E-state index contributed by atoms with van der Waals surface area (Å²) in [6.45, 7) is 1.31. The molecule has 0 bridgehead atoms. The standard InChI is InChI=1S/C22H23N3O4S/c26-22-24(13-14-29-22)17-8-10-18(11-9-17)30(27,28)25-12-4-3-7-21(25)20-15-16-5-1-2-6-19(16)23-20/h1-2,5-6,8-11,15,21,23H,3-4,7,12-14H2. The van der Waals surface area contributed by atoms with Crippen molar-refractivity contribution in [3.05, 3.63) is 60.3 Å². The van der Waals surface area contributed by atoms with Crippen LogP contribution in [0, 0.1) is 0 Å². The molecule has 1 aromatic heterocycles. The fraction of sp³-hybridized carbons (Fsp3) is 0.318. The average Bonchev–Trinajstić information content (AvgIpc) is 3.40. The van der Waals surface area contributed by atoms with Gasteiger partial charge in [-0.15, -0.1) is 0 Å². The van der Waals surface area contributed by atoms with Gasteiger partial charge in [0.25, 0.3) is 0 Å². The van der Waals surface area contributed by atoms with E-state index in [4.69, 9.17) is 4.74 Å². The first-order valence-corrected chi connectivity index (χ1v) is 11.6. The lowest BCUT2D eigenvalue weighted by Gasteiger charge is -2.34. The highest BCUT2D eigenvalue weighted by Crippen LogP contribution is 2.36. The fourth-order valence-corrected chi connectivity index (χ4v) is 6.01. The molecule has 0 radical (unpaired) electrons. The van der Waals surface area contributed by atoms with Crippen LogP contribution in [0.2, 0.25) is 0 Å². The van der Waals surface area contributed by atoms with E-state index in [2.05, 4.69) is 11.1 Å². The number of piperidine rings is 1. The maximum atomic E-state index is 13.5. The molecule has 1 N–H and O–H groups in total. The first-order chi connectivity index (χ1) is 14.5. The van der Waals surface area contributed by atoms with Gasteiger partial charge in [0.1, 0.15) is 6.61 Å². The van der Waals surface area contributed by atoms with Crippen LogP contribution in [-0.4, -0.2) is 43.5 Å². The lowest BCUT2D eigenvalue weighted by atomic mass is 10.0. The van der Waals surface area contributed by atoms with Crippen molar-refractivity contribution < 1.29 is 17.9 Å². The number of anilines is 1. The Kier molecular flexibility index (Phi) is 4.75. The number of fused-ring (bicyclic) bond motifs is 1. The summed E-state index contributed by atoms with van der Waals surface area (Å²) in [5.74, 6) is 0. The Morgan fingerprint density at radius 1 is 1.00 bits per heavy atom. The number of amides is 1. The summed E-state index contributed by atoms with van der Waals surface area (Å²) in [6, 6.07) is 16.3. The van der Waals surface area contributed by atoms with E-state index in [0.29, 0.717) is 25.4 Å². The Morgan fingerprint density at radius 3 is 2.53 bits per heavy atom. The number of nitrogens with one attached hydrogen (secondary N) is 1. The number of sulfonamides is 1. The number of ether oxygens (including phenoxy) is 1. The van der Waals surface area contributed by atoms with Crippen LogP contribution in [0.5, 0.6) is 0 Å². The van der Waals surface area contributed by atoms with Gasteiger partial charge in [-0.05, 0) is 54.6 Å². The van der Waals surface area contributed by atoms with Crippen molar-refractivity contribution in [3.63, 3.8) is 0 Å². The molecule has 0 saturated carbocycles. The van der Waals surface area contributed by atoms with Crippen molar-refractivity contribution in [1.29, 1.82) is 0 Å². The molecular formula is C22H23N3O4S. The minimum Gasteiger partial charge on any atom is -0.447 e. The van der Waals surface area contributed by atoms with E-state index < -0.39 is 16.1 Å². The smallest absolute Gasteiger partial charge is 0.414 e. The van der Waals surface area contributed by atoms with Crippen molar-refractivity contribution in [3.8, 4) is 0 Å². The van der Waals surface area contributed by atoms with Gasteiger partial charge >= 0.3 is 6.09 Å². The number of hydrogen-bond donors (Lipinski definition) is 1. The Bertz CT molecular complexity index is 1150. The molecule has 5 rings (SSSR count). The third-order valence-corrected chi connectivity index (χ3v) is 7.80. The lowest BCUT2D eigenvalue weighted by molar-refractivity contribution is 0.181. The number of nitrogens with zero attached hydrogens (tertiary/aromatic N) is 2. The zero-order valence-corrected chi connectivity index (χ0v) is 17.3. The van der Waals surface area contributed by atoms with Crippen LogP contribution in [0.25, 0.3) is 10.9 Å². The molecule has 1 atom stereocenters. The van der Waals surface area contributed by atoms with Crippen LogP contribution in [0.1, 0.15) is 31.0 Å². The molecule has 3 aromatic rings. The maximum Gasteiger partial charge on any atom is 0.414 e. The highest BCUT2D eigenvalue weighted by molar-refractivity contribution is 7.89. The van der Waals surface area contributed by atoms with E-state index in [9.17, 15) is 13.2 Å². The normalized spacial score (nSPS) is 20.6. The van der Waals surface area contributed by atoms with Crippen LogP contribution < -0.4 is 4.90 Å². The van der Waals surface area contributed by atoms with Crippen molar-refractivity contribution in [2.45, 2.75) is 30.2 Å². The van der Waals surface area contributed by atoms with E-state index in [1.54, 1.807) is 28.6 Å². The summed E-state index contributed by atoms with van der Waals surface area (Å²) >= 11 is 0. The second-order valence-electron chi connectivity index (χ2n) is 7.70. The van der Waals surface area contributed by atoms with Crippen molar-refractivity contribution in [1.82, 2.24) is 9.29 Å². The number of hydrogen-bond acceptors (Lipinski definition) is 4. The largest absolute Gasteiger partial charge is 0.447 e. The monoisotopic (exact) mass is 425 g/mol. The summed E-state index contributed by atoms with van der Waals surface area (Å²) in [6.07, 6.45) is 2.21. The molecule has 0 spiro atoms. The summed E-state index contributed by atoms with van der Waals surface area (Å²) in [5, 5.41) is 1.08. The number of aromatic nitrogens is 1. The lowest BCUT2D eigenvalue weighted by Crippen LogP contribution is -2.38. The van der Waals surface area contributed by atoms with Gasteiger partial charge in [-0.2, -0.15) is 4.31 Å². The molecule has 1 amide bonds. The highest BCUT2D eigenvalue weighted by atomic mass is 32.2. The topological polar surface area (TPSA) is 82.7 Å². The van der Waals surface area contributed by atoms with Gasteiger partial charge in [0.2, 0.25) is 10.0 Å². The first-order valence-electron chi connectivity index (χ1n) is 10.2. The van der Waals surface area contributed by atoms with Crippen LogP contribution in [0.4, 0.5) is 10.5 Å². The molecule has 1 unspecified atom stereocenters. The molecule has 7 nitrogen and oxygen atoms in total. The maximum absolute atomic E-state index is 13.5. The number of para-hydroxylation sites is 1. The minimum atomic E-state index is -3.67. The van der Waals surface area contributed by atoms with Gasteiger partial charge in [0.15, 0.2) is 0 Å². The Balaban J connectivity index is 1.46. The predicted molar refractivity (Wildman–Crippen MR) is 114 cm³/mol. The van der Waals surface area contributed by atoms with Crippen LogP contribution in [0.3, 0.4) is 0 Å². The van der Waals surface area contributed by atoms with Crippen molar-refractivity contribution >= 4 is 32.7 Å². The predicted octanol–water partition coefficient (Wildman–Crippen LogP) is 4.04. The average molecular weight is 426 g/mol. The summed E-state index contributed by atoms with van der Waals surface area (Å²) in [5.41, 5.74) is 2.58. The number of benzene rings is 2. The van der Waals surface area contributed by atoms with Crippen LogP contribution >= 0.6 is 0 Å². The molecule has 3 heterocycles. The van der Waals surface area contributed by atoms with E-state index in [-0.39, 0.29) is 10.9 Å². The number of cyclic esters (lactones) is 1. The Labute approximate surface area is 175 Å². The SMILES string of the molecule is O=C1OCCN1c1ccc(S(=O)(=O)N2CCCCC2c2cc3ccccc3[nH]2)cc1. The summed E-state index contributed by atoms with van der Waals surface area (Å²) in [7, 11) is -3.67. The van der Waals surface area contributed by atoms with E-state index in [1.807, 2.05) is 24.3 Å². The first kappa shape index (κ1) is 19.1. The quantitative estimate of drug-likeness (QED) is 0.684. The zero-order chi connectivity index (χ0) is 20.7. The summed E-state index contributed by atoms with van der Waals surface area (Å²) < 4.78 is 33.5. The third kappa shape index (κ3) is 3.26. The number of rotatable bonds is 4. The third-order valence-electron chi connectivity index (χ3n) is 5.88. The molecule has 2 saturated heterocycles. The van der Waals surface area contributed by atoms with Crippen LogP contribution in [0.15, 0.2) is 59.5 Å². The Hall–Kier alpha value is -2.84. The van der Waals surface area contributed by atoms with E-state index in [1.165, 1.54) is 4.90 Å². The van der Waals surface area contributed by atoms with E-state index in [0.717, 1.165) is 35.9 Å². The van der Waals surface area contributed by atoms with E-state index >= 15 is 0 Å². The van der Waals surface area contributed by atoms with Gasteiger partial charge in [0, 0.05) is 23.4 Å². The second-order valence-corrected chi connectivity index (χ2v) is 9.59. The van der Waals surface area contributed by atoms with Crippen molar-refractivity contribution in [2.75, 3.05) is 24.6 Å². The minimum absolute atomic E-state index is 0.218. The highest BCUT2D eigenvalue weighted by Gasteiger charge is 2.35. The van der Waals surface area contributed by atoms with Crippen molar-refractivity contribution in [2.24, 2.45) is 0 Å². The molecular weight excluding hydrogens is 402 g/mol. The molecule has 0 aliphatic carbocycles. The second kappa shape index (κ2) is 7.45. The molecule has 8 heteroatoms. The number of carbonyl (C=O) groups excluding carboxylic acids is 1. The van der Waals surface area contributed by atoms with Gasteiger partial charge in [-0.25, -0.2) is 13.2 Å². The number of H-pyrrole nitrogens is 1. The zero-order valence-electron chi connectivity index (χ0n) is 16.5. The molecule has 2 fully saturated rings. The molecule has 2 aliphatic heterocycles. The number of aromatic amines is 1. The van der Waals surface area contributed by atoms with Gasteiger partial charge in [0.05, 0.1) is 17.5 Å². The van der Waals surface area contributed by atoms with Gasteiger partial charge in [-0.1, -0.05) is 24.6 Å². The molecule has 156 valence electrons. The Morgan fingerprint density at radius 2 is 1.80 bits per heavy atom. The van der Waals surface area contributed by atoms with Gasteiger partial charge in [-0.3, -0.25) is 4.90 Å².